The van der Waals surface area contributed by atoms with E-state index in [1.165, 1.54) is 19.2 Å². The van der Waals surface area contributed by atoms with E-state index in [1.807, 2.05) is 6.92 Å². The van der Waals surface area contributed by atoms with E-state index in [0.29, 0.717) is 22.6 Å². The fraction of sp³-hybridized carbons (Fsp3) is 0.333. The molecule has 1 aliphatic rings. The number of carbonyl (C=O) groups is 2. The van der Waals surface area contributed by atoms with E-state index in [9.17, 15) is 9.59 Å². The normalized spacial score (nSPS) is 19.2. The standard InChI is InChI=1S/C21H22O6/c1-14-4-3-5-19(25-14)26-17-10-8-16(9-11-17)21(23)27-18-12-6-15(7-13-18)20(22)24-2/h6-14,19H,3-5H2,1-2H3. The van der Waals surface area contributed by atoms with Crippen LogP contribution in [0.1, 0.15) is 46.9 Å². The number of rotatable bonds is 5. The Morgan fingerprint density at radius 1 is 0.889 bits per heavy atom. The fourth-order valence-electron chi connectivity index (χ4n) is 2.82. The molecule has 0 spiro atoms. The molecule has 2 unspecified atom stereocenters. The van der Waals surface area contributed by atoms with Gasteiger partial charge in [0.25, 0.3) is 0 Å². The summed E-state index contributed by atoms with van der Waals surface area (Å²) < 4.78 is 21.5. The van der Waals surface area contributed by atoms with Gasteiger partial charge in [-0.2, -0.15) is 0 Å². The molecule has 2 aromatic rings. The molecular weight excluding hydrogens is 348 g/mol. The van der Waals surface area contributed by atoms with Crippen LogP contribution in [-0.4, -0.2) is 31.4 Å². The molecule has 142 valence electrons. The summed E-state index contributed by atoms with van der Waals surface area (Å²) in [5.74, 6) is 0.0559. The lowest BCUT2D eigenvalue weighted by Crippen LogP contribution is -2.30. The number of carbonyl (C=O) groups excluding carboxylic acids is 2. The van der Waals surface area contributed by atoms with Crippen molar-refractivity contribution in [3.8, 4) is 11.5 Å². The minimum absolute atomic E-state index is 0.198. The van der Waals surface area contributed by atoms with Gasteiger partial charge in [-0.1, -0.05) is 0 Å². The molecule has 2 atom stereocenters. The molecule has 1 heterocycles. The Kier molecular flexibility index (Phi) is 6.08. The molecule has 1 fully saturated rings. The Bertz CT molecular complexity index is 781. The SMILES string of the molecule is COC(=O)c1ccc(OC(=O)c2ccc(OC3CCCC(C)O3)cc2)cc1. The zero-order valence-electron chi connectivity index (χ0n) is 15.3. The fourth-order valence-corrected chi connectivity index (χ4v) is 2.82. The molecule has 0 aromatic heterocycles. The number of ether oxygens (including phenoxy) is 4. The first-order valence-corrected chi connectivity index (χ1v) is 8.88. The second-order valence-electron chi connectivity index (χ2n) is 6.35. The van der Waals surface area contributed by atoms with Gasteiger partial charge >= 0.3 is 11.9 Å². The highest BCUT2D eigenvalue weighted by Gasteiger charge is 2.20. The van der Waals surface area contributed by atoms with Crippen LogP contribution in [0.5, 0.6) is 11.5 Å². The Morgan fingerprint density at radius 2 is 1.48 bits per heavy atom. The maximum Gasteiger partial charge on any atom is 0.343 e. The van der Waals surface area contributed by atoms with Gasteiger partial charge in [0.15, 0.2) is 6.29 Å². The number of methoxy groups -OCH3 is 1. The molecular formula is C21H22O6. The molecule has 0 radical (unpaired) electrons. The van der Waals surface area contributed by atoms with Crippen LogP contribution in [0.4, 0.5) is 0 Å². The summed E-state index contributed by atoms with van der Waals surface area (Å²) in [6.07, 6.45) is 2.93. The Morgan fingerprint density at radius 3 is 2.07 bits per heavy atom. The van der Waals surface area contributed by atoms with Gasteiger partial charge in [0.1, 0.15) is 11.5 Å². The van der Waals surface area contributed by atoms with Crippen molar-refractivity contribution < 1.29 is 28.5 Å². The first kappa shape index (κ1) is 18.9. The zero-order valence-corrected chi connectivity index (χ0v) is 15.3. The summed E-state index contributed by atoms with van der Waals surface area (Å²) >= 11 is 0. The van der Waals surface area contributed by atoms with Crippen molar-refractivity contribution in [3.63, 3.8) is 0 Å². The topological polar surface area (TPSA) is 71.1 Å². The molecule has 0 aliphatic carbocycles. The lowest BCUT2D eigenvalue weighted by molar-refractivity contribution is -0.141. The van der Waals surface area contributed by atoms with Crippen LogP contribution in [0.3, 0.4) is 0 Å². The first-order chi connectivity index (χ1) is 13.0. The van der Waals surface area contributed by atoms with Gasteiger partial charge in [0.2, 0.25) is 0 Å². The van der Waals surface area contributed by atoms with Crippen LogP contribution < -0.4 is 9.47 Å². The molecule has 1 saturated heterocycles. The van der Waals surface area contributed by atoms with Crippen molar-refractivity contribution in [1.29, 1.82) is 0 Å². The van der Waals surface area contributed by atoms with E-state index in [-0.39, 0.29) is 12.4 Å². The van der Waals surface area contributed by atoms with Crippen molar-refractivity contribution in [2.24, 2.45) is 0 Å². The van der Waals surface area contributed by atoms with Gasteiger partial charge in [-0.05, 0) is 68.3 Å². The minimum atomic E-state index is -0.491. The van der Waals surface area contributed by atoms with E-state index >= 15 is 0 Å². The van der Waals surface area contributed by atoms with Crippen LogP contribution in [0.25, 0.3) is 0 Å². The summed E-state index contributed by atoms with van der Waals surface area (Å²) in [7, 11) is 1.31. The van der Waals surface area contributed by atoms with Gasteiger partial charge < -0.3 is 18.9 Å². The third-order valence-electron chi connectivity index (χ3n) is 4.28. The number of hydrogen-bond donors (Lipinski definition) is 0. The zero-order chi connectivity index (χ0) is 19.2. The average Bonchev–Trinajstić information content (AvgIpc) is 2.68. The van der Waals surface area contributed by atoms with Crippen molar-refractivity contribution in [2.45, 2.75) is 38.6 Å². The molecule has 27 heavy (non-hydrogen) atoms. The van der Waals surface area contributed by atoms with E-state index in [2.05, 4.69) is 4.74 Å². The van der Waals surface area contributed by atoms with Crippen LogP contribution in [0.15, 0.2) is 48.5 Å². The third kappa shape index (κ3) is 5.08. The second kappa shape index (κ2) is 8.68. The number of benzene rings is 2. The van der Waals surface area contributed by atoms with E-state index in [4.69, 9.17) is 14.2 Å². The van der Waals surface area contributed by atoms with Crippen molar-refractivity contribution in [2.75, 3.05) is 7.11 Å². The minimum Gasteiger partial charge on any atom is -0.465 e. The van der Waals surface area contributed by atoms with Gasteiger partial charge in [-0.25, -0.2) is 9.59 Å². The summed E-state index contributed by atoms with van der Waals surface area (Å²) in [6, 6.07) is 12.9. The number of hydrogen-bond acceptors (Lipinski definition) is 6. The third-order valence-corrected chi connectivity index (χ3v) is 4.28. The maximum atomic E-state index is 12.3. The van der Waals surface area contributed by atoms with Gasteiger partial charge in [-0.15, -0.1) is 0 Å². The molecule has 0 N–H and O–H groups in total. The Balaban J connectivity index is 1.58. The van der Waals surface area contributed by atoms with Crippen molar-refractivity contribution in [3.05, 3.63) is 59.7 Å². The molecule has 6 nitrogen and oxygen atoms in total. The van der Waals surface area contributed by atoms with Crippen molar-refractivity contribution in [1.82, 2.24) is 0 Å². The van der Waals surface area contributed by atoms with Gasteiger partial charge in [0.05, 0.1) is 24.3 Å². The molecule has 2 aromatic carbocycles. The van der Waals surface area contributed by atoms with E-state index in [1.54, 1.807) is 36.4 Å². The lowest BCUT2D eigenvalue weighted by Gasteiger charge is -2.28. The summed E-state index contributed by atoms with van der Waals surface area (Å²) in [6.45, 7) is 2.03. The van der Waals surface area contributed by atoms with E-state index < -0.39 is 11.9 Å². The molecule has 6 heteroatoms. The van der Waals surface area contributed by atoms with Crippen LogP contribution in [0.2, 0.25) is 0 Å². The van der Waals surface area contributed by atoms with Crippen LogP contribution in [-0.2, 0) is 9.47 Å². The first-order valence-electron chi connectivity index (χ1n) is 8.88. The summed E-state index contributed by atoms with van der Waals surface area (Å²) in [5.41, 5.74) is 0.787. The lowest BCUT2D eigenvalue weighted by atomic mass is 10.1. The molecule has 3 rings (SSSR count). The molecule has 0 saturated carbocycles. The summed E-state index contributed by atoms with van der Waals surface area (Å²) in [4.78, 5) is 23.7. The van der Waals surface area contributed by atoms with Crippen LogP contribution >= 0.6 is 0 Å². The highest BCUT2D eigenvalue weighted by atomic mass is 16.7. The smallest absolute Gasteiger partial charge is 0.343 e. The largest absolute Gasteiger partial charge is 0.465 e. The predicted octanol–water partition coefficient (Wildman–Crippen LogP) is 3.99. The maximum absolute atomic E-state index is 12.3. The number of esters is 2. The molecule has 0 bridgehead atoms. The van der Waals surface area contributed by atoms with Gasteiger partial charge in [0, 0.05) is 6.42 Å². The monoisotopic (exact) mass is 370 g/mol. The highest BCUT2D eigenvalue weighted by Crippen LogP contribution is 2.23. The second-order valence-corrected chi connectivity index (χ2v) is 6.35. The highest BCUT2D eigenvalue weighted by molar-refractivity contribution is 5.92. The predicted molar refractivity (Wildman–Crippen MR) is 98.0 cm³/mol. The van der Waals surface area contributed by atoms with Gasteiger partial charge in [-0.3, -0.25) is 0 Å². The summed E-state index contributed by atoms with van der Waals surface area (Å²) in [5, 5.41) is 0. The quantitative estimate of drug-likeness (QED) is 0.585. The Hall–Kier alpha value is -2.86. The van der Waals surface area contributed by atoms with Crippen LogP contribution in [0, 0.1) is 0 Å². The molecule has 1 aliphatic heterocycles. The molecule has 0 amide bonds. The Labute approximate surface area is 158 Å². The van der Waals surface area contributed by atoms with E-state index in [0.717, 1.165) is 19.3 Å². The van der Waals surface area contributed by atoms with Crippen molar-refractivity contribution >= 4 is 11.9 Å². The average molecular weight is 370 g/mol.